The number of carbonyl (C=O) groups excluding carboxylic acids is 1. The fraction of sp³-hybridized carbons (Fsp3) is 0.143. The number of nitrogens with one attached hydrogen (secondary N) is 1. The van der Waals surface area contributed by atoms with Crippen molar-refractivity contribution < 1.29 is 22.7 Å². The molecule has 0 saturated heterocycles. The first-order valence-corrected chi connectivity index (χ1v) is 5.89. The van der Waals surface area contributed by atoms with E-state index in [1.165, 1.54) is 37.6 Å². The molecule has 21 heavy (non-hydrogen) atoms. The minimum absolute atomic E-state index is 0.222. The third-order valence-electron chi connectivity index (χ3n) is 2.64. The zero-order chi connectivity index (χ0) is 15.5. The van der Waals surface area contributed by atoms with Crippen LogP contribution in [0.2, 0.25) is 0 Å². The number of benzene rings is 1. The summed E-state index contributed by atoms with van der Waals surface area (Å²) < 4.78 is 42.4. The largest absolute Gasteiger partial charge is 0.465 e. The molecule has 0 saturated carbocycles. The van der Waals surface area contributed by atoms with E-state index >= 15 is 0 Å². The fourth-order valence-corrected chi connectivity index (χ4v) is 1.66. The molecule has 1 aromatic heterocycles. The Morgan fingerprint density at radius 1 is 1.24 bits per heavy atom. The van der Waals surface area contributed by atoms with E-state index in [2.05, 4.69) is 15.0 Å². The maximum atomic E-state index is 12.6. The van der Waals surface area contributed by atoms with Gasteiger partial charge < -0.3 is 10.1 Å². The van der Waals surface area contributed by atoms with Crippen molar-refractivity contribution in [3.8, 4) is 0 Å². The van der Waals surface area contributed by atoms with Gasteiger partial charge in [-0.05, 0) is 30.3 Å². The van der Waals surface area contributed by atoms with E-state index in [1.54, 1.807) is 0 Å². The predicted molar refractivity (Wildman–Crippen MR) is 70.3 cm³/mol. The molecule has 0 bridgehead atoms. The average molecular weight is 296 g/mol. The predicted octanol–water partition coefficient (Wildman–Crippen LogP) is 3.63. The molecule has 0 aliphatic carbocycles. The van der Waals surface area contributed by atoms with Gasteiger partial charge in [0.15, 0.2) is 0 Å². The summed E-state index contributed by atoms with van der Waals surface area (Å²) in [6.45, 7) is 0. The van der Waals surface area contributed by atoms with Gasteiger partial charge in [0.25, 0.3) is 0 Å². The van der Waals surface area contributed by atoms with E-state index in [-0.39, 0.29) is 17.1 Å². The number of alkyl halides is 3. The van der Waals surface area contributed by atoms with Crippen LogP contribution in [0.5, 0.6) is 0 Å². The summed E-state index contributed by atoms with van der Waals surface area (Å²) in [5.41, 5.74) is -0.294. The monoisotopic (exact) mass is 296 g/mol. The number of methoxy groups -OCH3 is 1. The van der Waals surface area contributed by atoms with Crippen molar-refractivity contribution >= 4 is 17.5 Å². The van der Waals surface area contributed by atoms with Crippen LogP contribution >= 0.6 is 0 Å². The van der Waals surface area contributed by atoms with Crippen molar-refractivity contribution in [2.45, 2.75) is 6.18 Å². The highest BCUT2D eigenvalue weighted by Crippen LogP contribution is 2.31. The highest BCUT2D eigenvalue weighted by atomic mass is 19.4. The van der Waals surface area contributed by atoms with Crippen LogP contribution in [0.15, 0.2) is 42.6 Å². The Morgan fingerprint density at radius 2 is 2.00 bits per heavy atom. The molecule has 0 aliphatic rings. The van der Waals surface area contributed by atoms with Crippen LogP contribution in [0.4, 0.5) is 24.7 Å². The lowest BCUT2D eigenvalue weighted by Crippen LogP contribution is -2.06. The third kappa shape index (κ3) is 3.71. The number of aromatic nitrogens is 1. The molecule has 0 fully saturated rings. The second-order valence-electron chi connectivity index (χ2n) is 4.12. The number of pyridine rings is 1. The Kier molecular flexibility index (Phi) is 4.11. The lowest BCUT2D eigenvalue weighted by atomic mass is 10.2. The summed E-state index contributed by atoms with van der Waals surface area (Å²) in [4.78, 5) is 15.3. The Morgan fingerprint density at radius 3 is 2.67 bits per heavy atom. The summed E-state index contributed by atoms with van der Waals surface area (Å²) >= 11 is 0. The maximum absolute atomic E-state index is 12.6. The van der Waals surface area contributed by atoms with Gasteiger partial charge in [0.1, 0.15) is 5.82 Å². The van der Waals surface area contributed by atoms with E-state index in [0.29, 0.717) is 0 Å². The van der Waals surface area contributed by atoms with Crippen LogP contribution in [0.3, 0.4) is 0 Å². The van der Waals surface area contributed by atoms with Gasteiger partial charge in [-0.1, -0.05) is 6.07 Å². The van der Waals surface area contributed by atoms with Crippen LogP contribution in [0, 0.1) is 0 Å². The molecule has 1 aromatic carbocycles. The van der Waals surface area contributed by atoms with Crippen LogP contribution in [0.1, 0.15) is 15.9 Å². The molecule has 1 N–H and O–H groups in total. The molecule has 0 radical (unpaired) electrons. The number of hydrogen-bond acceptors (Lipinski definition) is 4. The Hall–Kier alpha value is -2.57. The Bertz CT molecular complexity index is 657. The summed E-state index contributed by atoms with van der Waals surface area (Å²) in [6.07, 6.45) is -3.05. The van der Waals surface area contributed by atoms with E-state index in [1.807, 2.05) is 0 Å². The summed E-state index contributed by atoms with van der Waals surface area (Å²) in [7, 11) is 1.24. The normalized spacial score (nSPS) is 11.0. The van der Waals surface area contributed by atoms with Crippen LogP contribution in [0.25, 0.3) is 0 Å². The summed E-state index contributed by atoms with van der Waals surface area (Å²) in [5.74, 6) is -0.304. The molecular weight excluding hydrogens is 285 g/mol. The van der Waals surface area contributed by atoms with Gasteiger partial charge in [-0.2, -0.15) is 13.2 Å². The lowest BCUT2D eigenvalue weighted by molar-refractivity contribution is -0.137. The molecule has 0 spiro atoms. The highest BCUT2D eigenvalue weighted by Gasteiger charge is 2.30. The number of carbonyl (C=O) groups is 1. The molecule has 0 amide bonds. The molecule has 110 valence electrons. The minimum atomic E-state index is -4.42. The first-order chi connectivity index (χ1) is 9.90. The average Bonchev–Trinajstić information content (AvgIpc) is 2.46. The standard InChI is InChI=1S/C14H11F3N2O2/c1-21-13(20)9-5-6-18-12(7-9)19-11-4-2-3-10(8-11)14(15,16)17/h2-8H,1H3,(H,18,19). The summed E-state index contributed by atoms with van der Waals surface area (Å²) in [6, 6.07) is 7.54. The molecule has 2 aromatic rings. The number of ether oxygens (including phenoxy) is 1. The number of anilines is 2. The zero-order valence-electron chi connectivity index (χ0n) is 10.9. The minimum Gasteiger partial charge on any atom is -0.465 e. The summed E-state index contributed by atoms with van der Waals surface area (Å²) in [5, 5.41) is 2.72. The lowest BCUT2D eigenvalue weighted by Gasteiger charge is -2.10. The fourth-order valence-electron chi connectivity index (χ4n) is 1.66. The number of esters is 1. The van der Waals surface area contributed by atoms with Crippen LogP contribution in [-0.4, -0.2) is 18.1 Å². The number of nitrogens with zero attached hydrogens (tertiary/aromatic N) is 1. The van der Waals surface area contributed by atoms with Crippen molar-refractivity contribution in [3.05, 3.63) is 53.7 Å². The van der Waals surface area contributed by atoms with E-state index in [0.717, 1.165) is 12.1 Å². The van der Waals surface area contributed by atoms with Gasteiger partial charge in [-0.25, -0.2) is 9.78 Å². The number of halogens is 3. The van der Waals surface area contributed by atoms with E-state index in [4.69, 9.17) is 0 Å². The smallest absolute Gasteiger partial charge is 0.416 e. The van der Waals surface area contributed by atoms with Gasteiger partial charge in [-0.15, -0.1) is 0 Å². The van der Waals surface area contributed by atoms with Crippen molar-refractivity contribution in [3.63, 3.8) is 0 Å². The molecule has 7 heteroatoms. The molecule has 0 unspecified atom stereocenters. The molecular formula is C14H11F3N2O2. The molecule has 4 nitrogen and oxygen atoms in total. The van der Waals surface area contributed by atoms with Crippen molar-refractivity contribution in [1.29, 1.82) is 0 Å². The quantitative estimate of drug-likeness (QED) is 0.879. The van der Waals surface area contributed by atoms with Crippen molar-refractivity contribution in [2.75, 3.05) is 12.4 Å². The van der Waals surface area contributed by atoms with Crippen molar-refractivity contribution in [2.24, 2.45) is 0 Å². The van der Waals surface area contributed by atoms with Gasteiger partial charge in [-0.3, -0.25) is 0 Å². The first-order valence-electron chi connectivity index (χ1n) is 5.89. The Balaban J connectivity index is 2.24. The van der Waals surface area contributed by atoms with Crippen LogP contribution in [-0.2, 0) is 10.9 Å². The first kappa shape index (κ1) is 14.8. The molecule has 1 heterocycles. The second-order valence-corrected chi connectivity index (χ2v) is 4.12. The second kappa shape index (κ2) is 5.82. The van der Waals surface area contributed by atoms with Crippen molar-refractivity contribution in [1.82, 2.24) is 4.98 Å². The van der Waals surface area contributed by atoms with Gasteiger partial charge >= 0.3 is 12.1 Å². The Labute approximate surface area is 118 Å². The molecule has 0 atom stereocenters. The van der Waals surface area contributed by atoms with Crippen LogP contribution < -0.4 is 5.32 Å². The molecule has 0 aliphatic heterocycles. The molecule has 2 rings (SSSR count). The third-order valence-corrected chi connectivity index (χ3v) is 2.64. The van der Waals surface area contributed by atoms with Gasteiger partial charge in [0.05, 0.1) is 18.2 Å². The van der Waals surface area contributed by atoms with Gasteiger partial charge in [0, 0.05) is 11.9 Å². The highest BCUT2D eigenvalue weighted by molar-refractivity contribution is 5.90. The van der Waals surface area contributed by atoms with Gasteiger partial charge in [0.2, 0.25) is 0 Å². The topological polar surface area (TPSA) is 51.2 Å². The van der Waals surface area contributed by atoms with E-state index in [9.17, 15) is 18.0 Å². The zero-order valence-corrected chi connectivity index (χ0v) is 10.9. The van der Waals surface area contributed by atoms with E-state index < -0.39 is 17.7 Å². The SMILES string of the molecule is COC(=O)c1ccnc(Nc2cccc(C(F)(F)F)c2)c1. The number of hydrogen-bond donors (Lipinski definition) is 1. The number of rotatable bonds is 3. The maximum Gasteiger partial charge on any atom is 0.416 e.